The second kappa shape index (κ2) is 8.33. The number of hydrogen-bond donors (Lipinski definition) is 1. The van der Waals surface area contributed by atoms with E-state index in [1.807, 2.05) is 73.9 Å². The molecule has 0 bridgehead atoms. The van der Waals surface area contributed by atoms with Crippen LogP contribution in [0.1, 0.15) is 21.5 Å². The van der Waals surface area contributed by atoms with Gasteiger partial charge in [0.05, 0.1) is 5.37 Å². The summed E-state index contributed by atoms with van der Waals surface area (Å²) in [4.78, 5) is 19.1. The molecule has 0 unspecified atom stereocenters. The molecule has 4 rings (SSSR count). The first-order valence-corrected chi connectivity index (χ1v) is 9.97. The van der Waals surface area contributed by atoms with Crippen LogP contribution < -0.4 is 10.2 Å². The molecule has 28 heavy (non-hydrogen) atoms. The normalized spacial score (nSPS) is 13.7. The Morgan fingerprint density at radius 3 is 2.68 bits per heavy atom. The second-order valence-electron chi connectivity index (χ2n) is 6.66. The minimum Gasteiger partial charge on any atom is -0.434 e. The largest absolute Gasteiger partial charge is 0.434 e. The molecule has 0 spiro atoms. The van der Waals surface area contributed by atoms with Crippen LogP contribution >= 0.6 is 0 Å². The number of nitrogens with zero attached hydrogens (tertiary/aromatic N) is 2. The van der Waals surface area contributed by atoms with Gasteiger partial charge in [-0.2, -0.15) is 0 Å². The van der Waals surface area contributed by atoms with Gasteiger partial charge in [-0.1, -0.05) is 60.3 Å². The van der Waals surface area contributed by atoms with Crippen LogP contribution in [0.3, 0.4) is 0 Å². The number of likely N-dealkylation sites (N-methyl/N-ethyl adjacent to an activating group) is 1. The highest BCUT2D eigenvalue weighted by Gasteiger charge is 2.24. The van der Waals surface area contributed by atoms with E-state index in [2.05, 4.69) is 26.6 Å². The van der Waals surface area contributed by atoms with E-state index in [0.29, 0.717) is 11.1 Å². The predicted molar refractivity (Wildman–Crippen MR) is 115 cm³/mol. The van der Waals surface area contributed by atoms with Gasteiger partial charge in [0.2, 0.25) is 0 Å². The number of anilines is 1. The van der Waals surface area contributed by atoms with Gasteiger partial charge in [0.25, 0.3) is 5.37 Å². The zero-order valence-corrected chi connectivity index (χ0v) is 16.4. The molecule has 0 saturated heterocycles. The van der Waals surface area contributed by atoms with Crippen molar-refractivity contribution < 1.29 is 10.1 Å². The van der Waals surface area contributed by atoms with E-state index in [4.69, 9.17) is 0 Å². The number of benzene rings is 2. The van der Waals surface area contributed by atoms with Crippen molar-refractivity contribution in [1.82, 2.24) is 4.98 Å². The molecule has 1 aliphatic rings. The minimum atomic E-state index is 0.0465. The van der Waals surface area contributed by atoms with Gasteiger partial charge < -0.3 is 15.2 Å². The number of pyridine rings is 1. The maximum atomic E-state index is 12.7. The fourth-order valence-corrected chi connectivity index (χ4v) is 4.02. The fourth-order valence-electron chi connectivity index (χ4n) is 3.12. The van der Waals surface area contributed by atoms with Crippen molar-refractivity contribution in [3.8, 4) is 0 Å². The maximum absolute atomic E-state index is 12.7. The Bertz CT molecular complexity index is 975. The summed E-state index contributed by atoms with van der Waals surface area (Å²) in [5.74, 6) is 0.0465. The Labute approximate surface area is 169 Å². The van der Waals surface area contributed by atoms with Crippen LogP contribution in [0.15, 0.2) is 79.1 Å². The van der Waals surface area contributed by atoms with E-state index < -0.39 is 0 Å². The zero-order chi connectivity index (χ0) is 19.3. The standard InChI is InChI=1S/C23H21N3OS/c1-26(15-20-16-28-23(25-20)19-10-6-12-24-14-19)21-11-5-9-18(13-21)22(27)17-7-3-2-4-8-17/h2-14,16H,15,25H2,1H3. The number of ketones is 1. The van der Waals surface area contributed by atoms with Crippen molar-refractivity contribution in [3.05, 3.63) is 107 Å². The maximum Gasteiger partial charge on any atom is 0.260 e. The smallest absolute Gasteiger partial charge is 0.260 e. The highest BCUT2D eigenvalue weighted by molar-refractivity contribution is 7.80. The Balaban J connectivity index is 1.42. The molecule has 3 aromatic rings. The minimum absolute atomic E-state index is 0.0465. The number of aromatic nitrogens is 1. The summed E-state index contributed by atoms with van der Waals surface area (Å²) >= 11 is 1.72. The molecule has 2 aromatic carbocycles. The highest BCUT2D eigenvalue weighted by atomic mass is 32.1. The van der Waals surface area contributed by atoms with Gasteiger partial charge in [-0.15, -0.1) is 6.07 Å². The molecule has 2 heterocycles. The quantitative estimate of drug-likeness (QED) is 0.306. The number of rotatable bonds is 6. The molecule has 2 N–H and O–H groups in total. The molecule has 0 atom stereocenters. The van der Waals surface area contributed by atoms with Gasteiger partial charge in [-0.05, 0) is 30.9 Å². The number of nitrogens with two attached hydrogens (primary N) is 1. The zero-order valence-electron chi connectivity index (χ0n) is 15.6. The van der Waals surface area contributed by atoms with E-state index in [1.54, 1.807) is 17.5 Å². The molecule has 4 nitrogen and oxygen atoms in total. The van der Waals surface area contributed by atoms with E-state index in [1.165, 1.54) is 11.4 Å². The molecular weight excluding hydrogens is 366 g/mol. The first-order valence-electron chi connectivity index (χ1n) is 9.09. The van der Waals surface area contributed by atoms with Gasteiger partial charge >= 0.3 is 0 Å². The first-order chi connectivity index (χ1) is 13.7. The summed E-state index contributed by atoms with van der Waals surface area (Å²) in [7, 11) is 2.05. The number of carbonyl (C=O) groups is 1. The van der Waals surface area contributed by atoms with Crippen LogP contribution in [0.25, 0.3) is 0 Å². The molecule has 1 aliphatic heterocycles. The Morgan fingerprint density at radius 2 is 1.89 bits per heavy atom. The van der Waals surface area contributed by atoms with Gasteiger partial charge in [-0.25, -0.2) is 0 Å². The molecule has 5 heteroatoms. The fraction of sp³-hybridized carbons (Fsp3) is 0.0870. The molecule has 0 aliphatic carbocycles. The van der Waals surface area contributed by atoms with Gasteiger partial charge in [0, 0.05) is 23.9 Å². The third-order valence-electron chi connectivity index (χ3n) is 4.60. The molecule has 0 fully saturated rings. The van der Waals surface area contributed by atoms with Crippen molar-refractivity contribution in [2.45, 2.75) is 0 Å². The van der Waals surface area contributed by atoms with Crippen LogP contribution in [-0.2, 0) is 11.4 Å². The van der Waals surface area contributed by atoms with Crippen LogP contribution in [0.2, 0.25) is 0 Å². The lowest BCUT2D eigenvalue weighted by atomic mass is 10.0. The van der Waals surface area contributed by atoms with Crippen molar-refractivity contribution in [3.63, 3.8) is 0 Å². The van der Waals surface area contributed by atoms with Gasteiger partial charge in [-0.3, -0.25) is 4.79 Å². The summed E-state index contributed by atoms with van der Waals surface area (Å²) in [5.41, 5.74) is 3.57. The number of hydrogen-bond acceptors (Lipinski definition) is 3. The summed E-state index contributed by atoms with van der Waals surface area (Å²) in [5, 5.41) is 5.60. The number of carbonyl (C=O) groups excluding carboxylic acids is 1. The van der Waals surface area contributed by atoms with E-state index in [9.17, 15) is 4.79 Å². The predicted octanol–water partition coefficient (Wildman–Crippen LogP) is 2.28. The third-order valence-corrected chi connectivity index (χ3v) is 5.63. The molecule has 0 amide bonds. The van der Waals surface area contributed by atoms with Crippen molar-refractivity contribution >= 4 is 28.2 Å². The van der Waals surface area contributed by atoms with E-state index in [0.717, 1.165) is 17.8 Å². The lowest BCUT2D eigenvalue weighted by molar-refractivity contribution is -0.589. The SMILES string of the molecule is CN(C[C-]1C=[S+][C-](c2cccnc2)[NH2+]1)c1cccc(C(=O)c2ccccc2)c1. The monoisotopic (exact) mass is 387 g/mol. The highest BCUT2D eigenvalue weighted by Crippen LogP contribution is 2.19. The topological polar surface area (TPSA) is 49.8 Å². The average molecular weight is 388 g/mol. The average Bonchev–Trinajstić information content (AvgIpc) is 3.23. The second-order valence-corrected chi connectivity index (χ2v) is 7.57. The molecule has 140 valence electrons. The first kappa shape index (κ1) is 18.3. The Kier molecular flexibility index (Phi) is 5.46. The van der Waals surface area contributed by atoms with Crippen molar-refractivity contribution in [2.75, 3.05) is 18.5 Å². The third kappa shape index (κ3) is 4.11. The van der Waals surface area contributed by atoms with E-state index in [-0.39, 0.29) is 5.78 Å². The molecule has 1 aromatic heterocycles. The summed E-state index contributed by atoms with van der Waals surface area (Å²) < 4.78 is 0. The van der Waals surface area contributed by atoms with Crippen LogP contribution in [0.4, 0.5) is 5.69 Å². The Morgan fingerprint density at radius 1 is 1.07 bits per heavy atom. The lowest BCUT2D eigenvalue weighted by Gasteiger charge is -2.27. The van der Waals surface area contributed by atoms with Crippen molar-refractivity contribution in [1.29, 1.82) is 0 Å². The van der Waals surface area contributed by atoms with Crippen molar-refractivity contribution in [2.24, 2.45) is 0 Å². The Hall–Kier alpha value is -3.02. The van der Waals surface area contributed by atoms with E-state index >= 15 is 0 Å². The van der Waals surface area contributed by atoms with Gasteiger partial charge in [0.1, 0.15) is 0 Å². The van der Waals surface area contributed by atoms with Crippen LogP contribution in [0.5, 0.6) is 0 Å². The number of quaternary nitrogens is 1. The molecule has 0 saturated carbocycles. The summed E-state index contributed by atoms with van der Waals surface area (Å²) in [6.45, 7) is 0.778. The summed E-state index contributed by atoms with van der Waals surface area (Å²) in [6.07, 6.45) is 3.67. The van der Waals surface area contributed by atoms with Crippen LogP contribution in [0, 0.1) is 11.4 Å². The van der Waals surface area contributed by atoms with Gasteiger partial charge in [0.15, 0.2) is 17.1 Å². The molecular formula is C23H21N3OS. The van der Waals surface area contributed by atoms with Crippen LogP contribution in [-0.4, -0.2) is 29.7 Å². The lowest BCUT2D eigenvalue weighted by Crippen LogP contribution is -2.86. The summed E-state index contributed by atoms with van der Waals surface area (Å²) in [6, 6.07) is 22.5. The molecule has 0 radical (unpaired) electrons.